The molecule has 0 bridgehead atoms. The largest absolute Gasteiger partial charge is 0.489 e. The molecule has 0 aromatic carbocycles. The third-order valence-electron chi connectivity index (χ3n) is 3.82. The van der Waals surface area contributed by atoms with Crippen molar-refractivity contribution in [3.8, 4) is 5.75 Å². The van der Waals surface area contributed by atoms with Crippen molar-refractivity contribution in [2.75, 3.05) is 18.1 Å². The monoisotopic (exact) mass is 280 g/mol. The molecule has 2 unspecified atom stereocenters. The SMILES string of the molecule is NCc1ccc(OC2CCOC3(CCSC3)C2)cn1. The molecule has 0 aliphatic carbocycles. The minimum atomic E-state index is 0.0677. The van der Waals surface area contributed by atoms with Crippen LogP contribution >= 0.6 is 11.8 Å². The van der Waals surface area contributed by atoms with Gasteiger partial charge in [0.05, 0.1) is 24.1 Å². The van der Waals surface area contributed by atoms with Gasteiger partial charge in [-0.05, 0) is 24.3 Å². The van der Waals surface area contributed by atoms with Crippen LogP contribution < -0.4 is 10.5 Å². The zero-order valence-electron chi connectivity index (χ0n) is 11.0. The standard InChI is InChI=1S/C14H20N2O2S/c15-8-11-1-2-13(9-16-11)18-12-3-5-17-14(7-12)4-6-19-10-14/h1-2,9,12H,3-8,10,15H2. The molecule has 2 N–H and O–H groups in total. The Morgan fingerprint density at radius 3 is 3.16 bits per heavy atom. The Labute approximate surface area is 118 Å². The number of nitrogens with zero attached hydrogens (tertiary/aromatic N) is 1. The lowest BCUT2D eigenvalue weighted by Crippen LogP contribution is -2.43. The molecule has 2 aliphatic heterocycles. The predicted molar refractivity (Wildman–Crippen MR) is 76.4 cm³/mol. The van der Waals surface area contributed by atoms with Crippen molar-refractivity contribution in [1.29, 1.82) is 0 Å². The van der Waals surface area contributed by atoms with E-state index in [1.807, 2.05) is 23.9 Å². The minimum Gasteiger partial charge on any atom is -0.489 e. The van der Waals surface area contributed by atoms with Gasteiger partial charge in [-0.1, -0.05) is 0 Å². The molecule has 1 spiro atoms. The molecule has 3 rings (SSSR count). The number of rotatable bonds is 3. The Hall–Kier alpha value is -0.780. The van der Waals surface area contributed by atoms with Gasteiger partial charge in [-0.25, -0.2) is 0 Å². The fourth-order valence-electron chi connectivity index (χ4n) is 2.74. The van der Waals surface area contributed by atoms with Crippen LogP contribution in [0, 0.1) is 0 Å². The van der Waals surface area contributed by atoms with Crippen molar-refractivity contribution in [3.63, 3.8) is 0 Å². The van der Waals surface area contributed by atoms with Crippen molar-refractivity contribution >= 4 is 11.8 Å². The molecule has 1 aromatic heterocycles. The van der Waals surface area contributed by atoms with Crippen molar-refractivity contribution in [2.45, 2.75) is 37.5 Å². The number of aromatic nitrogens is 1. The number of hydrogen-bond donors (Lipinski definition) is 1. The molecule has 0 radical (unpaired) electrons. The Kier molecular flexibility index (Phi) is 3.96. The minimum absolute atomic E-state index is 0.0677. The quantitative estimate of drug-likeness (QED) is 0.917. The molecular formula is C14H20N2O2S. The van der Waals surface area contributed by atoms with E-state index >= 15 is 0 Å². The van der Waals surface area contributed by atoms with E-state index in [1.165, 1.54) is 5.75 Å². The van der Waals surface area contributed by atoms with Crippen LogP contribution in [0.2, 0.25) is 0 Å². The lowest BCUT2D eigenvalue weighted by molar-refractivity contribution is -0.0959. The van der Waals surface area contributed by atoms with Crippen LogP contribution in [0.15, 0.2) is 18.3 Å². The van der Waals surface area contributed by atoms with Gasteiger partial charge in [-0.3, -0.25) is 4.98 Å². The van der Waals surface area contributed by atoms with E-state index in [4.69, 9.17) is 15.2 Å². The first-order valence-electron chi connectivity index (χ1n) is 6.83. The van der Waals surface area contributed by atoms with Gasteiger partial charge < -0.3 is 15.2 Å². The Morgan fingerprint density at radius 2 is 2.47 bits per heavy atom. The van der Waals surface area contributed by atoms with Crippen LogP contribution in [-0.4, -0.2) is 34.8 Å². The third kappa shape index (κ3) is 3.04. The number of pyridine rings is 1. The second-order valence-electron chi connectivity index (χ2n) is 5.26. The van der Waals surface area contributed by atoms with Gasteiger partial charge in [0.15, 0.2) is 0 Å². The Balaban J connectivity index is 1.62. The lowest BCUT2D eigenvalue weighted by Gasteiger charge is -2.37. The molecule has 5 heteroatoms. The molecule has 0 saturated carbocycles. The van der Waals surface area contributed by atoms with Gasteiger partial charge in [0.2, 0.25) is 0 Å². The first-order chi connectivity index (χ1) is 9.30. The molecule has 104 valence electrons. The average molecular weight is 280 g/mol. The Bertz CT molecular complexity index is 418. The van der Waals surface area contributed by atoms with Gasteiger partial charge in [0.1, 0.15) is 11.9 Å². The third-order valence-corrected chi connectivity index (χ3v) is 5.05. The van der Waals surface area contributed by atoms with E-state index in [9.17, 15) is 0 Å². The van der Waals surface area contributed by atoms with E-state index in [0.717, 1.165) is 43.1 Å². The second kappa shape index (κ2) is 5.69. The number of ether oxygens (including phenoxy) is 2. The van der Waals surface area contributed by atoms with E-state index in [2.05, 4.69) is 4.98 Å². The normalized spacial score (nSPS) is 30.7. The van der Waals surface area contributed by atoms with Crippen molar-refractivity contribution in [2.24, 2.45) is 5.73 Å². The van der Waals surface area contributed by atoms with E-state index < -0.39 is 0 Å². The van der Waals surface area contributed by atoms with E-state index in [0.29, 0.717) is 6.54 Å². The smallest absolute Gasteiger partial charge is 0.138 e. The maximum absolute atomic E-state index is 6.05. The molecule has 4 nitrogen and oxygen atoms in total. The van der Waals surface area contributed by atoms with Crippen LogP contribution in [0.25, 0.3) is 0 Å². The van der Waals surface area contributed by atoms with Gasteiger partial charge in [-0.15, -0.1) is 0 Å². The summed E-state index contributed by atoms with van der Waals surface area (Å²) in [6.07, 6.45) is 5.14. The summed E-state index contributed by atoms with van der Waals surface area (Å²) in [6.45, 7) is 1.28. The molecule has 2 fully saturated rings. The molecule has 0 amide bonds. The number of thioether (sulfide) groups is 1. The predicted octanol–water partition coefficient (Wildman–Crippen LogP) is 1.97. The van der Waals surface area contributed by atoms with Crippen molar-refractivity contribution < 1.29 is 9.47 Å². The fourth-order valence-corrected chi connectivity index (χ4v) is 4.12. The summed E-state index contributed by atoms with van der Waals surface area (Å²) in [5.74, 6) is 3.15. The first kappa shape index (κ1) is 13.2. The van der Waals surface area contributed by atoms with Crippen LogP contribution in [-0.2, 0) is 11.3 Å². The lowest BCUT2D eigenvalue weighted by atomic mass is 9.91. The maximum Gasteiger partial charge on any atom is 0.138 e. The summed E-state index contributed by atoms with van der Waals surface area (Å²) in [4.78, 5) is 4.27. The molecule has 1 aromatic rings. The molecule has 3 heterocycles. The van der Waals surface area contributed by atoms with Gasteiger partial charge in [0.25, 0.3) is 0 Å². The zero-order chi connectivity index (χ0) is 13.1. The van der Waals surface area contributed by atoms with Crippen molar-refractivity contribution in [3.05, 3.63) is 24.0 Å². The van der Waals surface area contributed by atoms with E-state index in [-0.39, 0.29) is 11.7 Å². The summed E-state index contributed by atoms with van der Waals surface area (Å²) in [6, 6.07) is 3.89. The molecule has 2 aliphatic rings. The summed E-state index contributed by atoms with van der Waals surface area (Å²) >= 11 is 1.99. The average Bonchev–Trinajstić information content (AvgIpc) is 2.88. The second-order valence-corrected chi connectivity index (χ2v) is 6.36. The first-order valence-corrected chi connectivity index (χ1v) is 7.98. The summed E-state index contributed by atoms with van der Waals surface area (Å²) in [5.41, 5.74) is 6.50. The highest BCUT2D eigenvalue weighted by Crippen LogP contribution is 2.39. The maximum atomic E-state index is 6.05. The van der Waals surface area contributed by atoms with Gasteiger partial charge in [-0.2, -0.15) is 11.8 Å². The van der Waals surface area contributed by atoms with Crippen molar-refractivity contribution in [1.82, 2.24) is 4.98 Å². The fraction of sp³-hybridized carbons (Fsp3) is 0.643. The molecule has 2 saturated heterocycles. The molecule has 2 atom stereocenters. The number of nitrogens with two attached hydrogens (primary N) is 1. The highest BCUT2D eigenvalue weighted by molar-refractivity contribution is 7.99. The highest BCUT2D eigenvalue weighted by Gasteiger charge is 2.41. The molecule has 19 heavy (non-hydrogen) atoms. The number of hydrogen-bond acceptors (Lipinski definition) is 5. The summed E-state index contributed by atoms with van der Waals surface area (Å²) in [7, 11) is 0. The van der Waals surface area contributed by atoms with Crippen LogP contribution in [0.4, 0.5) is 0 Å². The summed E-state index contributed by atoms with van der Waals surface area (Å²) in [5, 5.41) is 0. The van der Waals surface area contributed by atoms with Gasteiger partial charge >= 0.3 is 0 Å². The van der Waals surface area contributed by atoms with Crippen LogP contribution in [0.1, 0.15) is 25.0 Å². The topological polar surface area (TPSA) is 57.4 Å². The van der Waals surface area contributed by atoms with Crippen LogP contribution in [0.3, 0.4) is 0 Å². The molecular weight excluding hydrogens is 260 g/mol. The highest BCUT2D eigenvalue weighted by atomic mass is 32.2. The van der Waals surface area contributed by atoms with E-state index in [1.54, 1.807) is 6.20 Å². The van der Waals surface area contributed by atoms with Crippen LogP contribution in [0.5, 0.6) is 5.75 Å². The Morgan fingerprint density at radius 1 is 1.53 bits per heavy atom. The zero-order valence-corrected chi connectivity index (χ0v) is 11.8. The van der Waals surface area contributed by atoms with Gasteiger partial charge in [0, 0.05) is 25.1 Å². The summed E-state index contributed by atoms with van der Waals surface area (Å²) < 4.78 is 12.0.